The highest BCUT2D eigenvalue weighted by Gasteiger charge is 2.22. The molecule has 96 valence electrons. The molecule has 1 aromatic heterocycles. The Balaban J connectivity index is 2.64. The molecular weight excluding hydrogens is 242 g/mol. The van der Waals surface area contributed by atoms with Gasteiger partial charge in [0.05, 0.1) is 19.9 Å². The Morgan fingerprint density at radius 2 is 2.29 bits per heavy atom. The second-order valence-corrected chi connectivity index (χ2v) is 4.57. The minimum atomic E-state index is -0.338. The number of hydrogen-bond acceptors (Lipinski definition) is 4. The van der Waals surface area contributed by atoms with Crippen molar-refractivity contribution in [3.8, 4) is 0 Å². The summed E-state index contributed by atoms with van der Waals surface area (Å²) in [6.07, 6.45) is 1.58. The maximum absolute atomic E-state index is 11.5. The summed E-state index contributed by atoms with van der Waals surface area (Å²) in [6, 6.07) is -0.338. The van der Waals surface area contributed by atoms with Crippen LogP contribution < -0.4 is 5.32 Å². The molecule has 5 nitrogen and oxygen atoms in total. The van der Waals surface area contributed by atoms with Crippen LogP contribution in [0.1, 0.15) is 19.7 Å². The first-order valence-electron chi connectivity index (χ1n) is 5.44. The van der Waals surface area contributed by atoms with Crippen molar-refractivity contribution in [1.82, 2.24) is 14.9 Å². The van der Waals surface area contributed by atoms with E-state index in [-0.39, 0.29) is 17.9 Å². The highest BCUT2D eigenvalue weighted by atomic mass is 35.5. The van der Waals surface area contributed by atoms with E-state index in [1.165, 1.54) is 7.11 Å². The third-order valence-corrected chi connectivity index (χ3v) is 2.98. The highest BCUT2D eigenvalue weighted by molar-refractivity contribution is 6.29. The van der Waals surface area contributed by atoms with Gasteiger partial charge >= 0.3 is 5.97 Å². The minimum Gasteiger partial charge on any atom is -0.468 e. The smallest absolute Gasteiger partial charge is 0.323 e. The number of carbonyl (C=O) groups excluding carboxylic acids is 1. The number of methoxy groups -OCH3 is 1. The SMILES string of the molecule is COC(=O)C(NCc1ncc(Cl)n1C)C(C)C. The lowest BCUT2D eigenvalue weighted by Crippen LogP contribution is -2.41. The summed E-state index contributed by atoms with van der Waals surface area (Å²) >= 11 is 5.88. The van der Waals surface area contributed by atoms with E-state index in [4.69, 9.17) is 16.3 Å². The van der Waals surface area contributed by atoms with Gasteiger partial charge in [0.1, 0.15) is 17.0 Å². The van der Waals surface area contributed by atoms with Crippen LogP contribution in [0.3, 0.4) is 0 Å². The molecule has 17 heavy (non-hydrogen) atoms. The number of esters is 1. The van der Waals surface area contributed by atoms with Gasteiger partial charge in [-0.15, -0.1) is 0 Å². The van der Waals surface area contributed by atoms with Crippen LogP contribution in [-0.2, 0) is 23.1 Å². The fourth-order valence-electron chi connectivity index (χ4n) is 1.51. The summed E-state index contributed by atoms with van der Waals surface area (Å²) in [6.45, 7) is 4.39. The molecule has 0 bridgehead atoms. The molecule has 0 saturated carbocycles. The lowest BCUT2D eigenvalue weighted by molar-refractivity contribution is -0.144. The van der Waals surface area contributed by atoms with E-state index in [0.29, 0.717) is 11.7 Å². The second-order valence-electron chi connectivity index (χ2n) is 4.18. The number of carbonyl (C=O) groups is 1. The maximum Gasteiger partial charge on any atom is 0.323 e. The lowest BCUT2D eigenvalue weighted by atomic mass is 10.0. The molecule has 0 saturated heterocycles. The molecule has 0 aliphatic heterocycles. The van der Waals surface area contributed by atoms with Crippen molar-refractivity contribution in [3.63, 3.8) is 0 Å². The Hall–Kier alpha value is -1.07. The number of aromatic nitrogens is 2. The molecule has 1 rings (SSSR count). The van der Waals surface area contributed by atoms with Crippen molar-refractivity contribution in [2.45, 2.75) is 26.4 Å². The molecule has 0 amide bonds. The van der Waals surface area contributed by atoms with Gasteiger partial charge in [0.25, 0.3) is 0 Å². The van der Waals surface area contributed by atoms with Crippen molar-refractivity contribution in [1.29, 1.82) is 0 Å². The van der Waals surface area contributed by atoms with Crippen LogP contribution in [-0.4, -0.2) is 28.7 Å². The van der Waals surface area contributed by atoms with Crippen LogP contribution in [0.15, 0.2) is 6.20 Å². The normalized spacial score (nSPS) is 12.8. The number of imidazole rings is 1. The van der Waals surface area contributed by atoms with Gasteiger partial charge in [0, 0.05) is 7.05 Å². The Labute approximate surface area is 106 Å². The fourth-order valence-corrected chi connectivity index (χ4v) is 1.65. The minimum absolute atomic E-state index is 0.151. The van der Waals surface area contributed by atoms with Crippen LogP contribution in [0.2, 0.25) is 5.15 Å². The van der Waals surface area contributed by atoms with Crippen LogP contribution in [0.25, 0.3) is 0 Å². The topological polar surface area (TPSA) is 56.1 Å². The first-order valence-corrected chi connectivity index (χ1v) is 5.82. The molecule has 1 heterocycles. The van der Waals surface area contributed by atoms with E-state index in [1.54, 1.807) is 10.8 Å². The van der Waals surface area contributed by atoms with Gasteiger partial charge in [-0.1, -0.05) is 25.4 Å². The molecule has 0 spiro atoms. The fraction of sp³-hybridized carbons (Fsp3) is 0.636. The van der Waals surface area contributed by atoms with Gasteiger partial charge < -0.3 is 9.30 Å². The molecule has 0 aromatic carbocycles. The van der Waals surface area contributed by atoms with E-state index < -0.39 is 0 Å². The molecule has 6 heteroatoms. The van der Waals surface area contributed by atoms with Crippen LogP contribution in [0.5, 0.6) is 0 Å². The zero-order valence-electron chi connectivity index (χ0n) is 10.5. The highest BCUT2D eigenvalue weighted by Crippen LogP contribution is 2.10. The van der Waals surface area contributed by atoms with Gasteiger partial charge in [0.15, 0.2) is 0 Å². The number of nitrogens with one attached hydrogen (secondary N) is 1. The Morgan fingerprint density at radius 3 is 2.71 bits per heavy atom. The van der Waals surface area contributed by atoms with E-state index >= 15 is 0 Å². The summed E-state index contributed by atoms with van der Waals surface area (Å²) in [5, 5.41) is 3.69. The van der Waals surface area contributed by atoms with Crippen molar-refractivity contribution in [2.24, 2.45) is 13.0 Å². The predicted octanol–water partition coefficient (Wildman–Crippen LogP) is 1.36. The van der Waals surface area contributed by atoms with Crippen LogP contribution in [0.4, 0.5) is 0 Å². The van der Waals surface area contributed by atoms with E-state index in [0.717, 1.165) is 5.82 Å². The summed E-state index contributed by atoms with van der Waals surface area (Å²) in [7, 11) is 3.21. The predicted molar refractivity (Wildman–Crippen MR) is 65.7 cm³/mol. The largest absolute Gasteiger partial charge is 0.468 e. The Bertz CT molecular complexity index is 390. The van der Waals surface area contributed by atoms with E-state index in [2.05, 4.69) is 10.3 Å². The molecule has 1 atom stereocenters. The zero-order valence-corrected chi connectivity index (χ0v) is 11.3. The number of rotatable bonds is 5. The van der Waals surface area contributed by atoms with Crippen molar-refractivity contribution in [3.05, 3.63) is 17.2 Å². The molecule has 0 radical (unpaired) electrons. The molecule has 1 unspecified atom stereocenters. The quantitative estimate of drug-likeness (QED) is 0.812. The van der Waals surface area contributed by atoms with Crippen molar-refractivity contribution < 1.29 is 9.53 Å². The van der Waals surface area contributed by atoms with Crippen LogP contribution in [0, 0.1) is 5.92 Å². The summed E-state index contributed by atoms with van der Waals surface area (Å²) in [5.74, 6) is 0.669. The Kier molecular flexibility index (Phi) is 4.96. The number of hydrogen-bond donors (Lipinski definition) is 1. The lowest BCUT2D eigenvalue weighted by Gasteiger charge is -2.19. The maximum atomic E-state index is 11.5. The van der Waals surface area contributed by atoms with Gasteiger partial charge in [-0.2, -0.15) is 0 Å². The number of ether oxygens (including phenoxy) is 1. The second kappa shape index (κ2) is 6.02. The number of nitrogens with zero attached hydrogens (tertiary/aromatic N) is 2. The standard InChI is InChI=1S/C11H18ClN3O2/c1-7(2)10(11(16)17-4)14-6-9-13-5-8(12)15(9)3/h5,7,10,14H,6H2,1-4H3. The molecular formula is C11H18ClN3O2. The molecule has 0 aliphatic carbocycles. The monoisotopic (exact) mass is 259 g/mol. The first-order chi connectivity index (χ1) is 7.97. The summed E-state index contributed by atoms with van der Waals surface area (Å²) < 4.78 is 6.51. The first kappa shape index (κ1) is 14.0. The van der Waals surface area contributed by atoms with Gasteiger partial charge in [-0.05, 0) is 5.92 Å². The summed E-state index contributed by atoms with van der Waals surface area (Å²) in [5.41, 5.74) is 0. The molecule has 1 N–H and O–H groups in total. The number of halogens is 1. The average molecular weight is 260 g/mol. The van der Waals surface area contributed by atoms with E-state index in [9.17, 15) is 4.79 Å². The molecule has 0 aliphatic rings. The summed E-state index contributed by atoms with van der Waals surface area (Å²) in [4.78, 5) is 15.7. The average Bonchev–Trinajstić information content (AvgIpc) is 2.60. The van der Waals surface area contributed by atoms with Crippen LogP contribution >= 0.6 is 11.6 Å². The molecule has 1 aromatic rings. The van der Waals surface area contributed by atoms with Gasteiger partial charge in [0.2, 0.25) is 0 Å². The van der Waals surface area contributed by atoms with Gasteiger partial charge in [-0.25, -0.2) is 4.98 Å². The Morgan fingerprint density at radius 1 is 1.65 bits per heavy atom. The van der Waals surface area contributed by atoms with Crippen molar-refractivity contribution in [2.75, 3.05) is 7.11 Å². The van der Waals surface area contributed by atoms with Gasteiger partial charge in [-0.3, -0.25) is 10.1 Å². The van der Waals surface area contributed by atoms with Crippen molar-refractivity contribution >= 4 is 17.6 Å². The van der Waals surface area contributed by atoms with E-state index in [1.807, 2.05) is 20.9 Å². The third-order valence-electron chi connectivity index (χ3n) is 2.63. The third kappa shape index (κ3) is 3.44. The molecule has 0 fully saturated rings. The zero-order chi connectivity index (χ0) is 13.0.